The van der Waals surface area contributed by atoms with Gasteiger partial charge in [0.15, 0.2) is 0 Å². The first kappa shape index (κ1) is 12.0. The van der Waals surface area contributed by atoms with Gasteiger partial charge in [-0.25, -0.2) is 0 Å². The molecule has 0 aromatic carbocycles. The highest BCUT2D eigenvalue weighted by Gasteiger charge is 2.35. The Balaban J connectivity index is 2.59. The molecule has 1 rings (SSSR count). The zero-order chi connectivity index (χ0) is 10.6. The van der Waals surface area contributed by atoms with Crippen molar-refractivity contribution >= 4 is 0 Å². The molecular formula is C11H23NO2. The molecule has 1 heterocycles. The van der Waals surface area contributed by atoms with Gasteiger partial charge in [0.2, 0.25) is 0 Å². The average Bonchev–Trinajstić information content (AvgIpc) is 2.20. The van der Waals surface area contributed by atoms with Gasteiger partial charge in [-0.15, -0.1) is 0 Å². The molecule has 0 aliphatic carbocycles. The SMILES string of the molecule is CNC(C1CCOCC1)C(C)(C)OC. The monoisotopic (exact) mass is 201 g/mol. The minimum atomic E-state index is -0.100. The van der Waals surface area contributed by atoms with Gasteiger partial charge >= 0.3 is 0 Å². The maximum atomic E-state index is 5.54. The van der Waals surface area contributed by atoms with Gasteiger partial charge in [-0.05, 0) is 39.7 Å². The molecule has 1 saturated heterocycles. The summed E-state index contributed by atoms with van der Waals surface area (Å²) in [5.41, 5.74) is -0.100. The number of methoxy groups -OCH3 is 1. The van der Waals surface area contributed by atoms with E-state index >= 15 is 0 Å². The second kappa shape index (κ2) is 5.10. The third kappa shape index (κ3) is 2.69. The van der Waals surface area contributed by atoms with Gasteiger partial charge in [0.1, 0.15) is 0 Å². The van der Waals surface area contributed by atoms with Crippen LogP contribution < -0.4 is 5.32 Å². The summed E-state index contributed by atoms with van der Waals surface area (Å²) in [6.07, 6.45) is 2.27. The van der Waals surface area contributed by atoms with E-state index in [2.05, 4.69) is 19.2 Å². The van der Waals surface area contributed by atoms with E-state index in [-0.39, 0.29) is 5.60 Å². The highest BCUT2D eigenvalue weighted by Crippen LogP contribution is 2.27. The molecule has 0 aromatic rings. The zero-order valence-corrected chi connectivity index (χ0v) is 9.80. The summed E-state index contributed by atoms with van der Waals surface area (Å²) < 4.78 is 10.9. The fourth-order valence-corrected chi connectivity index (χ4v) is 2.33. The minimum Gasteiger partial charge on any atom is -0.381 e. The molecule has 1 aliphatic rings. The molecular weight excluding hydrogens is 178 g/mol. The number of ether oxygens (including phenoxy) is 2. The second-order valence-corrected chi connectivity index (χ2v) is 4.52. The standard InChI is InChI=1S/C11H23NO2/c1-11(2,13-4)10(12-3)9-5-7-14-8-6-9/h9-10,12H,5-8H2,1-4H3. The molecule has 1 N–H and O–H groups in total. The fourth-order valence-electron chi connectivity index (χ4n) is 2.33. The van der Waals surface area contributed by atoms with Crippen LogP contribution in [0.1, 0.15) is 26.7 Å². The molecule has 1 fully saturated rings. The van der Waals surface area contributed by atoms with Crippen LogP contribution in [-0.2, 0) is 9.47 Å². The predicted molar refractivity (Wildman–Crippen MR) is 57.5 cm³/mol. The molecule has 0 spiro atoms. The van der Waals surface area contributed by atoms with Gasteiger partial charge in [-0.2, -0.15) is 0 Å². The second-order valence-electron chi connectivity index (χ2n) is 4.52. The van der Waals surface area contributed by atoms with Crippen molar-refractivity contribution < 1.29 is 9.47 Å². The average molecular weight is 201 g/mol. The van der Waals surface area contributed by atoms with E-state index in [0.29, 0.717) is 12.0 Å². The van der Waals surface area contributed by atoms with E-state index in [1.165, 1.54) is 0 Å². The predicted octanol–water partition coefficient (Wildman–Crippen LogP) is 1.43. The molecule has 0 amide bonds. The van der Waals surface area contributed by atoms with Gasteiger partial charge in [0, 0.05) is 26.4 Å². The summed E-state index contributed by atoms with van der Waals surface area (Å²) in [5, 5.41) is 3.38. The molecule has 84 valence electrons. The Morgan fingerprint density at radius 1 is 1.36 bits per heavy atom. The number of hydrogen-bond acceptors (Lipinski definition) is 3. The van der Waals surface area contributed by atoms with Crippen molar-refractivity contribution in [2.24, 2.45) is 5.92 Å². The normalized spacial score (nSPS) is 22.3. The van der Waals surface area contributed by atoms with Crippen molar-refractivity contribution in [2.75, 3.05) is 27.4 Å². The maximum Gasteiger partial charge on any atom is 0.0777 e. The molecule has 3 nitrogen and oxygen atoms in total. The maximum absolute atomic E-state index is 5.54. The quantitative estimate of drug-likeness (QED) is 0.746. The Kier molecular flexibility index (Phi) is 4.35. The Bertz CT molecular complexity index is 165. The summed E-state index contributed by atoms with van der Waals surface area (Å²) in [4.78, 5) is 0. The highest BCUT2D eigenvalue weighted by atomic mass is 16.5. The van der Waals surface area contributed by atoms with Crippen molar-refractivity contribution in [3.8, 4) is 0 Å². The van der Waals surface area contributed by atoms with Crippen LogP contribution in [0.15, 0.2) is 0 Å². The molecule has 1 unspecified atom stereocenters. The Morgan fingerprint density at radius 2 is 1.93 bits per heavy atom. The summed E-state index contributed by atoms with van der Waals surface area (Å²) in [6, 6.07) is 0.413. The first-order valence-electron chi connectivity index (χ1n) is 5.42. The van der Waals surface area contributed by atoms with Crippen LogP contribution in [0.4, 0.5) is 0 Å². The van der Waals surface area contributed by atoms with Gasteiger partial charge in [0.05, 0.1) is 5.60 Å². The summed E-state index contributed by atoms with van der Waals surface area (Å²) in [6.45, 7) is 6.07. The summed E-state index contributed by atoms with van der Waals surface area (Å²) in [5.74, 6) is 0.670. The summed E-state index contributed by atoms with van der Waals surface area (Å²) >= 11 is 0. The number of hydrogen-bond donors (Lipinski definition) is 1. The molecule has 0 radical (unpaired) electrons. The van der Waals surface area contributed by atoms with E-state index in [4.69, 9.17) is 9.47 Å². The first-order chi connectivity index (χ1) is 6.61. The van der Waals surface area contributed by atoms with Crippen molar-refractivity contribution in [2.45, 2.75) is 38.3 Å². The molecule has 0 saturated carbocycles. The van der Waals surface area contributed by atoms with Crippen LogP contribution in [0.3, 0.4) is 0 Å². The lowest BCUT2D eigenvalue weighted by Crippen LogP contribution is -2.52. The van der Waals surface area contributed by atoms with Crippen molar-refractivity contribution in [3.63, 3.8) is 0 Å². The molecule has 3 heteroatoms. The summed E-state index contributed by atoms with van der Waals surface area (Å²) in [7, 11) is 3.80. The van der Waals surface area contributed by atoms with Crippen LogP contribution in [0, 0.1) is 5.92 Å². The highest BCUT2D eigenvalue weighted by molar-refractivity contribution is 4.90. The first-order valence-corrected chi connectivity index (χ1v) is 5.42. The Morgan fingerprint density at radius 3 is 2.36 bits per heavy atom. The van der Waals surface area contributed by atoms with E-state index in [9.17, 15) is 0 Å². The zero-order valence-electron chi connectivity index (χ0n) is 9.80. The van der Waals surface area contributed by atoms with Crippen molar-refractivity contribution in [3.05, 3.63) is 0 Å². The minimum absolute atomic E-state index is 0.100. The van der Waals surface area contributed by atoms with Crippen LogP contribution in [0.25, 0.3) is 0 Å². The number of rotatable bonds is 4. The smallest absolute Gasteiger partial charge is 0.0777 e. The Labute approximate surface area is 87.2 Å². The van der Waals surface area contributed by atoms with Crippen LogP contribution in [0.5, 0.6) is 0 Å². The lowest BCUT2D eigenvalue weighted by molar-refractivity contribution is -0.0460. The third-order valence-electron chi connectivity index (χ3n) is 3.32. The van der Waals surface area contributed by atoms with Gasteiger partial charge in [-0.1, -0.05) is 0 Å². The fraction of sp³-hybridized carbons (Fsp3) is 1.00. The van der Waals surface area contributed by atoms with E-state index in [1.54, 1.807) is 7.11 Å². The van der Waals surface area contributed by atoms with E-state index in [0.717, 1.165) is 26.1 Å². The molecule has 0 aromatic heterocycles. The number of likely N-dealkylation sites (N-methyl/N-ethyl adjacent to an activating group) is 1. The molecule has 1 atom stereocenters. The van der Waals surface area contributed by atoms with E-state index in [1.807, 2.05) is 7.05 Å². The van der Waals surface area contributed by atoms with Crippen molar-refractivity contribution in [1.29, 1.82) is 0 Å². The van der Waals surface area contributed by atoms with Crippen molar-refractivity contribution in [1.82, 2.24) is 5.32 Å². The van der Waals surface area contributed by atoms with Gasteiger partial charge in [-0.3, -0.25) is 0 Å². The van der Waals surface area contributed by atoms with Crippen LogP contribution >= 0.6 is 0 Å². The van der Waals surface area contributed by atoms with Crippen LogP contribution in [0.2, 0.25) is 0 Å². The molecule has 0 bridgehead atoms. The third-order valence-corrected chi connectivity index (χ3v) is 3.32. The lowest BCUT2D eigenvalue weighted by Gasteiger charge is -2.40. The largest absolute Gasteiger partial charge is 0.381 e. The van der Waals surface area contributed by atoms with Gasteiger partial charge < -0.3 is 14.8 Å². The Hall–Kier alpha value is -0.120. The van der Waals surface area contributed by atoms with Gasteiger partial charge in [0.25, 0.3) is 0 Å². The van der Waals surface area contributed by atoms with E-state index < -0.39 is 0 Å². The topological polar surface area (TPSA) is 30.5 Å². The lowest BCUT2D eigenvalue weighted by atomic mass is 9.82. The number of nitrogens with one attached hydrogen (secondary N) is 1. The molecule has 14 heavy (non-hydrogen) atoms. The molecule has 1 aliphatic heterocycles. The van der Waals surface area contributed by atoms with Crippen LogP contribution in [-0.4, -0.2) is 39.0 Å².